The SMILES string of the molecule is C=C(C)C(=O)OCCC[Si](OCC)(OCC)OC(C)OC(=O)C=CC. The second kappa shape index (κ2) is 12.8. The third-order valence-corrected chi connectivity index (χ3v) is 5.98. The lowest BCUT2D eigenvalue weighted by Crippen LogP contribution is -2.49. The van der Waals surface area contributed by atoms with Gasteiger partial charge in [-0.25, -0.2) is 9.59 Å². The van der Waals surface area contributed by atoms with Crippen molar-refractivity contribution >= 4 is 20.7 Å². The van der Waals surface area contributed by atoms with Gasteiger partial charge in [-0.05, 0) is 41.0 Å². The van der Waals surface area contributed by atoms with Crippen molar-refractivity contribution in [2.24, 2.45) is 0 Å². The van der Waals surface area contributed by atoms with Crippen LogP contribution in [0.2, 0.25) is 6.04 Å². The van der Waals surface area contributed by atoms with Crippen LogP contribution in [-0.4, -0.2) is 46.9 Å². The number of hydrogen-bond donors (Lipinski definition) is 0. The molecule has 0 aliphatic heterocycles. The van der Waals surface area contributed by atoms with Gasteiger partial charge in [-0.2, -0.15) is 0 Å². The number of carbonyl (C=O) groups excluding carboxylic acids is 2. The normalized spacial score (nSPS) is 12.8. The summed E-state index contributed by atoms with van der Waals surface area (Å²) in [6.45, 7) is 13.1. The topological polar surface area (TPSA) is 80.3 Å². The highest BCUT2D eigenvalue weighted by molar-refractivity contribution is 6.60. The summed E-state index contributed by atoms with van der Waals surface area (Å²) in [7, 11) is -3.06. The molecule has 0 bridgehead atoms. The van der Waals surface area contributed by atoms with Crippen LogP contribution in [0, 0.1) is 0 Å². The summed E-state index contributed by atoms with van der Waals surface area (Å²) < 4.78 is 27.6. The minimum absolute atomic E-state index is 0.205. The first kappa shape index (κ1) is 23.5. The van der Waals surface area contributed by atoms with Crippen LogP contribution < -0.4 is 0 Å². The Morgan fingerprint density at radius 3 is 2.28 bits per heavy atom. The Bertz CT molecular complexity index is 456. The first-order valence-corrected chi connectivity index (χ1v) is 10.3. The molecule has 1 atom stereocenters. The monoisotopic (exact) mass is 374 g/mol. The summed E-state index contributed by atoms with van der Waals surface area (Å²) in [6, 6.07) is 0.434. The van der Waals surface area contributed by atoms with E-state index in [0.29, 0.717) is 31.3 Å². The Hall–Kier alpha value is -1.48. The molecule has 0 saturated heterocycles. The van der Waals surface area contributed by atoms with E-state index in [1.54, 1.807) is 26.8 Å². The van der Waals surface area contributed by atoms with E-state index in [4.69, 9.17) is 22.8 Å². The van der Waals surface area contributed by atoms with Crippen LogP contribution in [0.3, 0.4) is 0 Å². The Kier molecular flexibility index (Phi) is 12.1. The zero-order chi connectivity index (χ0) is 19.3. The second-order valence-corrected chi connectivity index (χ2v) is 7.87. The Morgan fingerprint density at radius 1 is 1.20 bits per heavy atom. The highest BCUT2D eigenvalue weighted by Crippen LogP contribution is 2.21. The van der Waals surface area contributed by atoms with E-state index in [0.717, 1.165) is 0 Å². The molecule has 25 heavy (non-hydrogen) atoms. The predicted octanol–water partition coefficient (Wildman–Crippen LogP) is 2.99. The molecule has 144 valence electrons. The maximum Gasteiger partial charge on any atom is 0.503 e. The lowest BCUT2D eigenvalue weighted by atomic mass is 10.4. The van der Waals surface area contributed by atoms with Crippen molar-refractivity contribution in [1.82, 2.24) is 0 Å². The van der Waals surface area contributed by atoms with Gasteiger partial charge in [0.1, 0.15) is 0 Å². The molecule has 0 N–H and O–H groups in total. The Morgan fingerprint density at radius 2 is 1.80 bits per heavy atom. The molecule has 0 fully saturated rings. The van der Waals surface area contributed by atoms with E-state index in [1.807, 2.05) is 13.8 Å². The summed E-state index contributed by atoms with van der Waals surface area (Å²) in [6.07, 6.45) is 2.58. The number of allylic oxidation sites excluding steroid dienone is 1. The van der Waals surface area contributed by atoms with E-state index in [9.17, 15) is 9.59 Å². The Balaban J connectivity index is 4.77. The van der Waals surface area contributed by atoms with Gasteiger partial charge in [0.2, 0.25) is 0 Å². The third kappa shape index (κ3) is 10.2. The molecule has 0 aliphatic carbocycles. The summed E-state index contributed by atoms with van der Waals surface area (Å²) in [4.78, 5) is 22.9. The summed E-state index contributed by atoms with van der Waals surface area (Å²) >= 11 is 0. The van der Waals surface area contributed by atoms with E-state index in [-0.39, 0.29) is 6.61 Å². The molecule has 0 rings (SSSR count). The highest BCUT2D eigenvalue weighted by Gasteiger charge is 2.42. The van der Waals surface area contributed by atoms with Crippen molar-refractivity contribution in [2.75, 3.05) is 19.8 Å². The average molecular weight is 375 g/mol. The van der Waals surface area contributed by atoms with Crippen molar-refractivity contribution in [3.8, 4) is 0 Å². The fourth-order valence-corrected chi connectivity index (χ4v) is 4.58. The van der Waals surface area contributed by atoms with Crippen LogP contribution in [0.15, 0.2) is 24.3 Å². The summed E-state index contributed by atoms with van der Waals surface area (Å²) in [5.41, 5.74) is 0.346. The largest absolute Gasteiger partial charge is 0.503 e. The van der Waals surface area contributed by atoms with Crippen molar-refractivity contribution in [3.05, 3.63) is 24.3 Å². The molecule has 0 saturated carbocycles. The number of hydrogen-bond acceptors (Lipinski definition) is 7. The molecule has 0 aromatic carbocycles. The van der Waals surface area contributed by atoms with E-state index in [2.05, 4.69) is 6.58 Å². The molecule has 0 spiro atoms. The number of ether oxygens (including phenoxy) is 2. The molecule has 0 aromatic heterocycles. The van der Waals surface area contributed by atoms with Crippen LogP contribution in [-0.2, 0) is 32.3 Å². The predicted molar refractivity (Wildman–Crippen MR) is 95.7 cm³/mol. The lowest BCUT2D eigenvalue weighted by Gasteiger charge is -2.31. The van der Waals surface area contributed by atoms with Gasteiger partial charge >= 0.3 is 20.7 Å². The first-order valence-electron chi connectivity index (χ1n) is 8.41. The van der Waals surface area contributed by atoms with Crippen LogP contribution in [0.5, 0.6) is 0 Å². The van der Waals surface area contributed by atoms with Crippen molar-refractivity contribution in [1.29, 1.82) is 0 Å². The van der Waals surface area contributed by atoms with Crippen molar-refractivity contribution in [3.63, 3.8) is 0 Å². The number of carbonyl (C=O) groups is 2. The molecular weight excluding hydrogens is 344 g/mol. The van der Waals surface area contributed by atoms with Crippen molar-refractivity contribution < 1.29 is 32.3 Å². The van der Waals surface area contributed by atoms with Gasteiger partial charge in [0.05, 0.1) is 6.61 Å². The zero-order valence-electron chi connectivity index (χ0n) is 15.8. The van der Waals surface area contributed by atoms with Gasteiger partial charge in [0.15, 0.2) is 6.29 Å². The molecule has 0 amide bonds. The van der Waals surface area contributed by atoms with Crippen LogP contribution in [0.1, 0.15) is 41.0 Å². The molecule has 8 heteroatoms. The maximum atomic E-state index is 11.5. The van der Waals surface area contributed by atoms with Gasteiger partial charge in [0, 0.05) is 30.9 Å². The molecule has 1 unspecified atom stereocenters. The van der Waals surface area contributed by atoms with E-state index < -0.39 is 27.0 Å². The minimum atomic E-state index is -3.06. The molecule has 0 aromatic rings. The minimum Gasteiger partial charge on any atom is -0.462 e. The van der Waals surface area contributed by atoms with Gasteiger partial charge in [-0.15, -0.1) is 0 Å². The summed E-state index contributed by atoms with van der Waals surface area (Å²) in [5, 5.41) is 0. The fraction of sp³-hybridized carbons (Fsp3) is 0.647. The van der Waals surface area contributed by atoms with Gasteiger partial charge in [-0.1, -0.05) is 12.7 Å². The van der Waals surface area contributed by atoms with Gasteiger partial charge < -0.3 is 22.8 Å². The molecule has 0 radical (unpaired) electrons. The molecule has 0 heterocycles. The number of esters is 2. The van der Waals surface area contributed by atoms with Gasteiger partial charge in [-0.3, -0.25) is 0 Å². The highest BCUT2D eigenvalue weighted by atomic mass is 28.4. The fourth-order valence-electron chi connectivity index (χ4n) is 1.95. The van der Waals surface area contributed by atoms with E-state index in [1.165, 1.54) is 6.08 Å². The molecular formula is C17H30O7Si. The average Bonchev–Trinajstić information content (AvgIpc) is 2.51. The zero-order valence-corrected chi connectivity index (χ0v) is 16.8. The van der Waals surface area contributed by atoms with Crippen molar-refractivity contribution in [2.45, 2.75) is 53.4 Å². The second-order valence-electron chi connectivity index (χ2n) is 5.19. The first-order chi connectivity index (χ1) is 11.8. The van der Waals surface area contributed by atoms with Gasteiger partial charge in [0.25, 0.3) is 0 Å². The van der Waals surface area contributed by atoms with Crippen LogP contribution >= 0.6 is 0 Å². The summed E-state index contributed by atoms with van der Waals surface area (Å²) in [5.74, 6) is -0.934. The molecule has 7 nitrogen and oxygen atoms in total. The van der Waals surface area contributed by atoms with Crippen LogP contribution in [0.25, 0.3) is 0 Å². The van der Waals surface area contributed by atoms with Crippen LogP contribution in [0.4, 0.5) is 0 Å². The smallest absolute Gasteiger partial charge is 0.462 e. The quantitative estimate of drug-likeness (QED) is 0.161. The third-order valence-electron chi connectivity index (χ3n) is 2.87. The number of rotatable bonds is 13. The van der Waals surface area contributed by atoms with E-state index >= 15 is 0 Å². The molecule has 0 aliphatic rings. The maximum absolute atomic E-state index is 11.5. The Labute approximate surface area is 151 Å². The standard InChI is InChI=1S/C17H30O7Si/c1-7-11-16(18)23-15(6)24-25(21-8-2,22-9-3)13-10-12-20-17(19)14(4)5/h7,11,15H,4,8-10,12-13H2,1-3,5-6H3. The lowest BCUT2D eigenvalue weighted by molar-refractivity contribution is -0.161.